The molecule has 4 aliphatic rings. The number of aliphatic hydroxyl groups excluding tert-OH is 1. The normalized spacial score (nSPS) is 27.6. The molecule has 260 valence electrons. The minimum absolute atomic E-state index is 0.157. The van der Waals surface area contributed by atoms with Gasteiger partial charge in [-0.2, -0.15) is 0 Å². The fourth-order valence-corrected chi connectivity index (χ4v) is 10.8. The molecule has 0 bridgehead atoms. The maximum atomic E-state index is 15.2. The number of nitrogens with zero attached hydrogens (tertiary/aromatic N) is 3. The van der Waals surface area contributed by atoms with Crippen molar-refractivity contribution in [3.05, 3.63) is 127 Å². The minimum Gasteiger partial charge on any atom is -0.494 e. The van der Waals surface area contributed by atoms with Crippen LogP contribution in [0, 0.1) is 11.8 Å². The van der Waals surface area contributed by atoms with E-state index in [1.807, 2.05) is 129 Å². The minimum atomic E-state index is -1.05. The van der Waals surface area contributed by atoms with Crippen LogP contribution in [0.2, 0.25) is 0 Å². The number of fused-ring (bicyclic) bond motifs is 3. The lowest BCUT2D eigenvalue weighted by Crippen LogP contribution is -2.57. The highest BCUT2D eigenvalue weighted by molar-refractivity contribution is 8.02. The maximum Gasteiger partial charge on any atom is 0.251 e. The molecule has 4 aliphatic heterocycles. The van der Waals surface area contributed by atoms with E-state index < -0.39 is 33.4 Å². The van der Waals surface area contributed by atoms with Crippen LogP contribution in [0.25, 0.3) is 10.8 Å². The fourth-order valence-electron chi connectivity index (χ4n) is 8.69. The molecule has 3 amide bonds. The van der Waals surface area contributed by atoms with Crippen molar-refractivity contribution >= 4 is 51.6 Å². The standard InChI is InChI=1S/C42H41N3O5S/c1-3-50-34-19-17-31(18-20-34)43-23-9-21-41(2)35(38(43)47)36-39(48)45(33(27-46)25-28-11-5-4-6-12-28)37-40(49)44(24-10-22-42(36,37)51-41)32-16-15-29-13-7-8-14-30(29)26-32/h4-22,26,33,35-37,46H,3,23-25,27H2,1-2H3/t33-,35+,36+,37?,41-,42+/m1/s1. The van der Waals surface area contributed by atoms with Gasteiger partial charge in [-0.25, -0.2) is 0 Å². The van der Waals surface area contributed by atoms with E-state index in [9.17, 15) is 9.90 Å². The van der Waals surface area contributed by atoms with Crippen LogP contribution < -0.4 is 14.5 Å². The Morgan fingerprint density at radius 2 is 1.45 bits per heavy atom. The molecule has 4 aromatic rings. The Balaban J connectivity index is 1.24. The summed E-state index contributed by atoms with van der Waals surface area (Å²) in [5.41, 5.74) is 2.40. The number of hydrogen-bond donors (Lipinski definition) is 1. The molecular weight excluding hydrogens is 659 g/mol. The molecule has 1 N–H and O–H groups in total. The summed E-state index contributed by atoms with van der Waals surface area (Å²) in [6.07, 6.45) is 8.46. The molecule has 0 aliphatic carbocycles. The van der Waals surface area contributed by atoms with Gasteiger partial charge >= 0.3 is 0 Å². The van der Waals surface area contributed by atoms with Gasteiger partial charge in [-0.15, -0.1) is 11.8 Å². The van der Waals surface area contributed by atoms with Gasteiger partial charge in [-0.3, -0.25) is 14.4 Å². The lowest BCUT2D eigenvalue weighted by atomic mass is 9.74. The average molecular weight is 700 g/mol. The first-order valence-electron chi connectivity index (χ1n) is 17.6. The van der Waals surface area contributed by atoms with E-state index >= 15 is 9.59 Å². The van der Waals surface area contributed by atoms with Crippen LogP contribution in [-0.4, -0.2) is 75.6 Å². The third-order valence-corrected chi connectivity index (χ3v) is 12.7. The monoisotopic (exact) mass is 699 g/mol. The first-order valence-corrected chi connectivity index (χ1v) is 18.5. The fraction of sp³-hybridized carbons (Fsp3) is 0.310. The van der Waals surface area contributed by atoms with Gasteiger partial charge in [0.25, 0.3) is 5.91 Å². The summed E-state index contributed by atoms with van der Waals surface area (Å²) in [5.74, 6) is -1.52. The van der Waals surface area contributed by atoms with Crippen molar-refractivity contribution in [1.29, 1.82) is 0 Å². The van der Waals surface area contributed by atoms with E-state index in [-0.39, 0.29) is 24.3 Å². The van der Waals surface area contributed by atoms with Gasteiger partial charge in [-0.1, -0.05) is 85.0 Å². The summed E-state index contributed by atoms with van der Waals surface area (Å²) in [5, 5.41) is 13.0. The van der Waals surface area contributed by atoms with Crippen molar-refractivity contribution < 1.29 is 24.2 Å². The highest BCUT2D eigenvalue weighted by Crippen LogP contribution is 2.66. The Hall–Kier alpha value is -4.86. The molecule has 8 nitrogen and oxygen atoms in total. The van der Waals surface area contributed by atoms with Crippen molar-refractivity contribution in [3.63, 3.8) is 0 Å². The van der Waals surface area contributed by atoms with E-state index in [0.717, 1.165) is 33.5 Å². The molecule has 0 saturated carbocycles. The zero-order valence-electron chi connectivity index (χ0n) is 28.7. The summed E-state index contributed by atoms with van der Waals surface area (Å²) >= 11 is 1.55. The molecule has 1 spiro atoms. The van der Waals surface area contributed by atoms with E-state index in [0.29, 0.717) is 26.1 Å². The summed E-state index contributed by atoms with van der Waals surface area (Å²) in [6.45, 7) is 4.84. The van der Waals surface area contributed by atoms with Crippen molar-refractivity contribution in [2.45, 2.75) is 41.8 Å². The van der Waals surface area contributed by atoms with Gasteiger partial charge in [0, 0.05) is 29.2 Å². The predicted molar refractivity (Wildman–Crippen MR) is 202 cm³/mol. The number of aliphatic hydroxyl groups is 1. The van der Waals surface area contributed by atoms with Crippen LogP contribution in [0.4, 0.5) is 11.4 Å². The van der Waals surface area contributed by atoms with Crippen LogP contribution >= 0.6 is 11.8 Å². The molecule has 6 atom stereocenters. The zero-order chi connectivity index (χ0) is 35.3. The number of rotatable bonds is 8. The Morgan fingerprint density at radius 1 is 0.784 bits per heavy atom. The number of benzene rings is 4. The molecular formula is C42H41N3O5S. The van der Waals surface area contributed by atoms with Crippen molar-refractivity contribution in [2.24, 2.45) is 11.8 Å². The topological polar surface area (TPSA) is 90.4 Å². The van der Waals surface area contributed by atoms with Gasteiger partial charge in [0.2, 0.25) is 11.8 Å². The Bertz CT molecular complexity index is 2050. The van der Waals surface area contributed by atoms with E-state index in [2.05, 4.69) is 6.08 Å². The summed E-state index contributed by atoms with van der Waals surface area (Å²) < 4.78 is 3.83. The first-order chi connectivity index (χ1) is 24.8. The number of carbonyl (C=O) groups excluding carboxylic acids is 3. The Morgan fingerprint density at radius 3 is 2.18 bits per heavy atom. The number of amides is 3. The van der Waals surface area contributed by atoms with Crippen LogP contribution in [0.3, 0.4) is 0 Å². The lowest BCUT2D eigenvalue weighted by molar-refractivity contribution is -0.142. The second-order valence-corrected chi connectivity index (χ2v) is 15.7. The molecule has 1 unspecified atom stereocenters. The lowest BCUT2D eigenvalue weighted by Gasteiger charge is -2.40. The second-order valence-electron chi connectivity index (χ2n) is 13.9. The number of likely N-dealkylation sites (tertiary alicyclic amines) is 1. The number of ether oxygens (including phenoxy) is 1. The van der Waals surface area contributed by atoms with Crippen LogP contribution in [0.5, 0.6) is 5.75 Å². The molecule has 4 aromatic carbocycles. The molecule has 9 heteroatoms. The molecule has 0 radical (unpaired) electrons. The molecule has 51 heavy (non-hydrogen) atoms. The van der Waals surface area contributed by atoms with Crippen LogP contribution in [0.1, 0.15) is 19.4 Å². The highest BCUT2D eigenvalue weighted by Gasteiger charge is 2.74. The third-order valence-electron chi connectivity index (χ3n) is 10.9. The van der Waals surface area contributed by atoms with Crippen molar-refractivity contribution in [2.75, 3.05) is 36.1 Å². The average Bonchev–Trinajstić information content (AvgIpc) is 3.42. The van der Waals surface area contributed by atoms with Gasteiger partial charge < -0.3 is 24.5 Å². The van der Waals surface area contributed by atoms with E-state index in [1.165, 1.54) is 0 Å². The number of thioether (sulfide) groups is 1. The van der Waals surface area contributed by atoms with Crippen LogP contribution in [-0.2, 0) is 20.8 Å². The van der Waals surface area contributed by atoms with Crippen molar-refractivity contribution in [1.82, 2.24) is 4.90 Å². The second kappa shape index (κ2) is 13.0. The van der Waals surface area contributed by atoms with Gasteiger partial charge in [0.1, 0.15) is 11.8 Å². The molecule has 2 saturated heterocycles. The highest BCUT2D eigenvalue weighted by atomic mass is 32.2. The van der Waals surface area contributed by atoms with Gasteiger partial charge in [0.15, 0.2) is 0 Å². The van der Waals surface area contributed by atoms with Gasteiger partial charge in [-0.05, 0) is 73.0 Å². The number of carbonyl (C=O) groups is 3. The summed E-state index contributed by atoms with van der Waals surface area (Å²) in [4.78, 5) is 50.5. The molecule has 8 rings (SSSR count). The van der Waals surface area contributed by atoms with E-state index in [4.69, 9.17) is 4.74 Å². The smallest absolute Gasteiger partial charge is 0.251 e. The number of anilines is 2. The molecule has 2 fully saturated rings. The maximum absolute atomic E-state index is 15.2. The first kappa shape index (κ1) is 33.3. The molecule has 4 heterocycles. The quantitative estimate of drug-likeness (QED) is 0.226. The largest absolute Gasteiger partial charge is 0.494 e. The molecule has 0 aromatic heterocycles. The Kier molecular flexibility index (Phi) is 8.51. The SMILES string of the molecule is CCOc1ccc(N2CC=C[C@@]3(C)S[C@]45C=CCN(c6ccc7ccccc7c6)C(=O)C4N([C@@H](CO)Cc4ccccc4)C(=O)[C@@H]5[C@H]3C2=O)cc1. The van der Waals surface area contributed by atoms with Gasteiger partial charge in [0.05, 0.1) is 35.8 Å². The number of hydrogen-bond acceptors (Lipinski definition) is 6. The zero-order valence-corrected chi connectivity index (χ0v) is 29.5. The Labute approximate surface area is 302 Å². The predicted octanol–water partition coefficient (Wildman–Crippen LogP) is 6.04. The summed E-state index contributed by atoms with van der Waals surface area (Å²) in [7, 11) is 0. The third kappa shape index (κ3) is 5.45. The van der Waals surface area contributed by atoms with Crippen LogP contribution in [0.15, 0.2) is 121 Å². The summed E-state index contributed by atoms with van der Waals surface area (Å²) in [6, 6.07) is 29.6. The van der Waals surface area contributed by atoms with Crippen molar-refractivity contribution in [3.8, 4) is 5.75 Å². The van der Waals surface area contributed by atoms with E-state index in [1.54, 1.807) is 26.5 Å².